The first-order chi connectivity index (χ1) is 16.7. The molecule has 0 spiro atoms. The van der Waals surface area contributed by atoms with E-state index < -0.39 is 11.8 Å². The molecule has 2 aliphatic rings. The van der Waals surface area contributed by atoms with Gasteiger partial charge in [-0.05, 0) is 92.7 Å². The largest absolute Gasteiger partial charge is 0.366 e. The summed E-state index contributed by atoms with van der Waals surface area (Å²) in [5, 5.41) is 2.97. The van der Waals surface area contributed by atoms with Gasteiger partial charge in [-0.25, -0.2) is 0 Å². The third-order valence-corrected chi connectivity index (χ3v) is 8.53. The molecule has 0 atom stereocenters. The highest BCUT2D eigenvalue weighted by atomic mass is 16.2. The summed E-state index contributed by atoms with van der Waals surface area (Å²) in [5.41, 5.74) is 13.3. The Kier molecular flexibility index (Phi) is 9.76. The van der Waals surface area contributed by atoms with Crippen molar-refractivity contribution in [3.63, 3.8) is 0 Å². The topological polar surface area (TPSA) is 115 Å². The quantitative estimate of drug-likeness (QED) is 0.347. The molecule has 1 aromatic carbocycles. The van der Waals surface area contributed by atoms with Crippen molar-refractivity contribution in [3.8, 4) is 0 Å². The van der Waals surface area contributed by atoms with Crippen LogP contribution in [-0.4, -0.2) is 17.7 Å². The summed E-state index contributed by atoms with van der Waals surface area (Å²) < 4.78 is 0. The lowest BCUT2D eigenvalue weighted by Gasteiger charge is -2.33. The molecule has 0 saturated heterocycles. The van der Waals surface area contributed by atoms with E-state index in [2.05, 4.69) is 26.1 Å². The Morgan fingerprint density at radius 2 is 1.46 bits per heavy atom. The summed E-state index contributed by atoms with van der Waals surface area (Å²) >= 11 is 0. The Balaban J connectivity index is 1.74. The number of carbonyl (C=O) groups is 3. The monoisotopic (exact) mass is 483 g/mol. The number of primary amides is 2. The highest BCUT2D eigenvalue weighted by Crippen LogP contribution is 2.42. The number of carbonyl (C=O) groups excluding carboxylic acids is 3. The summed E-state index contributed by atoms with van der Waals surface area (Å²) in [6.07, 6.45) is 12.9. The first-order valence-electron chi connectivity index (χ1n) is 13.8. The number of hydrogen-bond acceptors (Lipinski definition) is 3. The molecule has 0 heterocycles. The highest BCUT2D eigenvalue weighted by Gasteiger charge is 2.31. The average molecular weight is 484 g/mol. The first-order valence-corrected chi connectivity index (χ1v) is 13.8. The van der Waals surface area contributed by atoms with Gasteiger partial charge in [0, 0.05) is 22.7 Å². The van der Waals surface area contributed by atoms with E-state index in [4.69, 9.17) is 11.5 Å². The van der Waals surface area contributed by atoms with E-state index in [9.17, 15) is 14.4 Å². The highest BCUT2D eigenvalue weighted by molar-refractivity contribution is 6.04. The lowest BCUT2D eigenvalue weighted by Crippen LogP contribution is -2.28. The van der Waals surface area contributed by atoms with E-state index in [1.807, 2.05) is 0 Å². The summed E-state index contributed by atoms with van der Waals surface area (Å²) in [6, 6.07) is 3.29. The van der Waals surface area contributed by atoms with Crippen LogP contribution in [0.2, 0.25) is 0 Å². The van der Waals surface area contributed by atoms with Crippen LogP contribution in [0.3, 0.4) is 0 Å². The SMILES string of the molecule is CCCCC[C@H]1CC[C@@H](C(=O)Nc2cc(C(N)=O)c([C@H]3CC[C@@H](C(C)C)CC3)c(C(N)=O)c2)CC1. The van der Waals surface area contributed by atoms with Crippen molar-refractivity contribution in [2.75, 3.05) is 5.32 Å². The fourth-order valence-electron chi connectivity index (χ4n) is 6.29. The maximum Gasteiger partial charge on any atom is 0.249 e. The number of nitrogens with two attached hydrogens (primary N) is 2. The first kappa shape index (κ1) is 27.2. The molecule has 3 amide bonds. The predicted molar refractivity (Wildman–Crippen MR) is 141 cm³/mol. The number of amides is 3. The van der Waals surface area contributed by atoms with Crippen LogP contribution in [0.4, 0.5) is 5.69 Å². The minimum atomic E-state index is -0.586. The van der Waals surface area contributed by atoms with E-state index in [1.54, 1.807) is 12.1 Å². The molecule has 2 fully saturated rings. The van der Waals surface area contributed by atoms with Gasteiger partial charge in [0.05, 0.1) is 0 Å². The van der Waals surface area contributed by atoms with Gasteiger partial charge >= 0.3 is 0 Å². The average Bonchev–Trinajstić information content (AvgIpc) is 2.84. The normalized spacial score (nSPS) is 24.8. The molecule has 0 radical (unpaired) electrons. The second-order valence-electron chi connectivity index (χ2n) is 11.3. The van der Waals surface area contributed by atoms with Gasteiger partial charge in [-0.2, -0.15) is 0 Å². The van der Waals surface area contributed by atoms with Crippen molar-refractivity contribution >= 4 is 23.4 Å². The van der Waals surface area contributed by atoms with Crippen molar-refractivity contribution in [2.24, 2.45) is 35.1 Å². The van der Waals surface area contributed by atoms with Crippen molar-refractivity contribution in [2.45, 2.75) is 104 Å². The van der Waals surface area contributed by atoms with Crippen LogP contribution in [-0.2, 0) is 4.79 Å². The molecule has 0 unspecified atom stereocenters. The maximum atomic E-state index is 13.0. The lowest BCUT2D eigenvalue weighted by atomic mass is 9.72. The molecule has 0 aliphatic heterocycles. The Morgan fingerprint density at radius 1 is 0.886 bits per heavy atom. The third-order valence-electron chi connectivity index (χ3n) is 8.53. The molecule has 2 aliphatic carbocycles. The van der Waals surface area contributed by atoms with E-state index in [1.165, 1.54) is 25.7 Å². The van der Waals surface area contributed by atoms with E-state index in [-0.39, 0.29) is 17.7 Å². The third kappa shape index (κ3) is 7.08. The second kappa shape index (κ2) is 12.5. The molecule has 0 bridgehead atoms. The van der Waals surface area contributed by atoms with Crippen LogP contribution in [0.25, 0.3) is 0 Å². The Labute approximate surface area is 211 Å². The second-order valence-corrected chi connectivity index (χ2v) is 11.3. The van der Waals surface area contributed by atoms with E-state index in [0.29, 0.717) is 34.2 Å². The van der Waals surface area contributed by atoms with Gasteiger partial charge < -0.3 is 16.8 Å². The molecule has 1 aromatic rings. The zero-order valence-electron chi connectivity index (χ0n) is 21.9. The van der Waals surface area contributed by atoms with Gasteiger partial charge in [0.25, 0.3) is 0 Å². The van der Waals surface area contributed by atoms with Gasteiger partial charge in [0.1, 0.15) is 0 Å². The summed E-state index contributed by atoms with van der Waals surface area (Å²) in [6.45, 7) is 6.70. The van der Waals surface area contributed by atoms with E-state index >= 15 is 0 Å². The molecule has 6 heteroatoms. The van der Waals surface area contributed by atoms with Crippen LogP contribution in [0.5, 0.6) is 0 Å². The number of rotatable bonds is 10. The van der Waals surface area contributed by atoms with Crippen LogP contribution in [0.1, 0.15) is 130 Å². The molecule has 3 rings (SSSR count). The number of nitrogens with one attached hydrogen (secondary N) is 1. The fraction of sp³-hybridized carbons (Fsp3) is 0.690. The van der Waals surface area contributed by atoms with Crippen molar-refractivity contribution in [1.82, 2.24) is 0 Å². The standard InChI is InChI=1S/C29H45N3O3/c1-4-5-6-7-19-8-10-22(11-9-19)29(35)32-23-16-24(27(30)33)26(25(17-23)28(31)34)21-14-12-20(13-15-21)18(2)3/h16-22H,4-15H2,1-3H3,(H2,30,33)(H2,31,34)(H,32,35)/t19-,20-,21+,22+. The summed E-state index contributed by atoms with van der Waals surface area (Å²) in [4.78, 5) is 37.9. The lowest BCUT2D eigenvalue weighted by molar-refractivity contribution is -0.121. The number of unbranched alkanes of at least 4 members (excludes halogenated alkanes) is 2. The minimum Gasteiger partial charge on any atom is -0.366 e. The van der Waals surface area contributed by atoms with Crippen molar-refractivity contribution < 1.29 is 14.4 Å². The minimum absolute atomic E-state index is 0.0440. The summed E-state index contributed by atoms with van der Waals surface area (Å²) in [7, 11) is 0. The van der Waals surface area contributed by atoms with Gasteiger partial charge in [0.2, 0.25) is 17.7 Å². The zero-order valence-corrected chi connectivity index (χ0v) is 21.9. The zero-order chi connectivity index (χ0) is 25.5. The molecule has 35 heavy (non-hydrogen) atoms. The van der Waals surface area contributed by atoms with Crippen LogP contribution in [0, 0.1) is 23.7 Å². The fourth-order valence-corrected chi connectivity index (χ4v) is 6.29. The number of hydrogen-bond donors (Lipinski definition) is 3. The van der Waals surface area contributed by atoms with Crippen LogP contribution in [0.15, 0.2) is 12.1 Å². The molecule has 5 N–H and O–H groups in total. The van der Waals surface area contributed by atoms with E-state index in [0.717, 1.165) is 57.3 Å². The Hall–Kier alpha value is -2.37. The maximum absolute atomic E-state index is 13.0. The van der Waals surface area contributed by atoms with Gasteiger partial charge in [0.15, 0.2) is 0 Å². The Bertz CT molecular complexity index is 859. The Morgan fingerprint density at radius 3 is 1.94 bits per heavy atom. The number of anilines is 1. The summed E-state index contributed by atoms with van der Waals surface area (Å²) in [5.74, 6) is 0.799. The molecule has 2 saturated carbocycles. The van der Waals surface area contributed by atoms with Crippen LogP contribution < -0.4 is 16.8 Å². The van der Waals surface area contributed by atoms with Gasteiger partial charge in [-0.1, -0.05) is 46.5 Å². The predicted octanol–water partition coefficient (Wildman–Crippen LogP) is 6.14. The van der Waals surface area contributed by atoms with Gasteiger partial charge in [-0.3, -0.25) is 14.4 Å². The smallest absolute Gasteiger partial charge is 0.249 e. The van der Waals surface area contributed by atoms with Crippen LogP contribution >= 0.6 is 0 Å². The molecular weight excluding hydrogens is 438 g/mol. The number of benzene rings is 1. The van der Waals surface area contributed by atoms with Crippen molar-refractivity contribution in [1.29, 1.82) is 0 Å². The van der Waals surface area contributed by atoms with Gasteiger partial charge in [-0.15, -0.1) is 0 Å². The molecule has 6 nitrogen and oxygen atoms in total. The molecule has 0 aromatic heterocycles. The molecule has 194 valence electrons. The van der Waals surface area contributed by atoms with Crippen molar-refractivity contribution in [3.05, 3.63) is 28.8 Å². The molecular formula is C29H45N3O3.